The molecular weight excluding hydrogens is 262 g/mol. The maximum absolute atomic E-state index is 8.85. The maximum atomic E-state index is 8.85. The lowest BCUT2D eigenvalue weighted by Crippen LogP contribution is -1.83. The van der Waals surface area contributed by atoms with Gasteiger partial charge in [0.2, 0.25) is 0 Å². The quantitative estimate of drug-likeness (QED) is 0.673. The lowest BCUT2D eigenvalue weighted by molar-refractivity contribution is 0.531. The average molecular weight is 273 g/mol. The lowest BCUT2D eigenvalue weighted by Gasteiger charge is -1.88. The van der Waals surface area contributed by atoms with Gasteiger partial charge < -0.3 is 4.42 Å². The molecule has 0 aliphatic rings. The lowest BCUT2D eigenvalue weighted by atomic mass is 10.2. The molecule has 4 heteroatoms. The number of nitriles is 1. The molecule has 2 heterocycles. The molecule has 0 spiro atoms. The Morgan fingerprint density at radius 1 is 1.19 bits per heavy atom. The molecule has 0 amide bonds. The molecule has 0 N–H and O–H groups in total. The third-order valence-electron chi connectivity index (χ3n) is 2.91. The van der Waals surface area contributed by atoms with Gasteiger partial charge in [0.25, 0.3) is 0 Å². The number of fused-ring (bicyclic) bond motifs is 1. The summed E-state index contributed by atoms with van der Waals surface area (Å²) in [5.74, 6) is 6.68. The van der Waals surface area contributed by atoms with Gasteiger partial charge in [-0.2, -0.15) is 5.26 Å². The first-order valence-corrected chi connectivity index (χ1v) is 6.54. The molecule has 0 radical (unpaired) electrons. The zero-order chi connectivity index (χ0) is 14.5. The Balaban J connectivity index is 1.69. The monoisotopic (exact) mass is 273 g/mol. The highest BCUT2D eigenvalue weighted by atomic mass is 16.3. The molecule has 0 fully saturated rings. The molecule has 3 rings (SSSR count). The summed E-state index contributed by atoms with van der Waals surface area (Å²) in [6, 6.07) is 12.9. The second kappa shape index (κ2) is 5.90. The molecule has 3 aromatic rings. The van der Waals surface area contributed by atoms with Crippen molar-refractivity contribution in [2.75, 3.05) is 0 Å². The van der Waals surface area contributed by atoms with Gasteiger partial charge in [-0.15, -0.1) is 0 Å². The van der Waals surface area contributed by atoms with Gasteiger partial charge in [0.1, 0.15) is 11.2 Å². The Labute approximate surface area is 122 Å². The van der Waals surface area contributed by atoms with Gasteiger partial charge in [0.05, 0.1) is 11.6 Å². The number of benzene rings is 1. The van der Waals surface area contributed by atoms with Crippen LogP contribution >= 0.6 is 0 Å². The van der Waals surface area contributed by atoms with E-state index in [1.165, 1.54) is 0 Å². The van der Waals surface area contributed by atoms with Crippen LogP contribution in [-0.4, -0.2) is 9.97 Å². The first kappa shape index (κ1) is 12.9. The summed E-state index contributed by atoms with van der Waals surface area (Å²) < 4.78 is 5.62. The van der Waals surface area contributed by atoms with Crippen LogP contribution in [-0.2, 0) is 6.42 Å². The van der Waals surface area contributed by atoms with Crippen molar-refractivity contribution in [2.24, 2.45) is 0 Å². The zero-order valence-corrected chi connectivity index (χ0v) is 11.2. The molecule has 0 saturated carbocycles. The van der Waals surface area contributed by atoms with Gasteiger partial charge in [-0.3, -0.25) is 0 Å². The zero-order valence-electron chi connectivity index (χ0n) is 11.2. The molecule has 0 atom stereocenters. The van der Waals surface area contributed by atoms with Gasteiger partial charge in [-0.25, -0.2) is 9.97 Å². The van der Waals surface area contributed by atoms with Gasteiger partial charge >= 0.3 is 0 Å². The number of hydrogen-bond donors (Lipinski definition) is 0. The van der Waals surface area contributed by atoms with Gasteiger partial charge in [-0.1, -0.05) is 12.0 Å². The predicted octanol–water partition coefficient (Wildman–Crippen LogP) is 3.08. The molecule has 100 valence electrons. The predicted molar refractivity (Wildman–Crippen MR) is 78.2 cm³/mol. The highest BCUT2D eigenvalue weighted by Gasteiger charge is 2.05. The number of oxazole rings is 1. The Morgan fingerprint density at radius 2 is 2.14 bits per heavy atom. The summed E-state index contributed by atoms with van der Waals surface area (Å²) in [5.41, 5.74) is 2.74. The third kappa shape index (κ3) is 3.08. The van der Waals surface area contributed by atoms with Crippen molar-refractivity contribution >= 4 is 11.1 Å². The van der Waals surface area contributed by atoms with Crippen LogP contribution in [0.15, 0.2) is 47.0 Å². The second-order valence-electron chi connectivity index (χ2n) is 4.42. The number of aryl methyl sites for hydroxylation is 1. The van der Waals surface area contributed by atoms with E-state index in [4.69, 9.17) is 9.68 Å². The molecule has 1 aromatic carbocycles. The molecule has 0 bridgehead atoms. The van der Waals surface area contributed by atoms with E-state index in [0.29, 0.717) is 35.4 Å². The molecule has 0 aliphatic carbocycles. The van der Waals surface area contributed by atoms with Crippen molar-refractivity contribution in [1.29, 1.82) is 5.26 Å². The largest absolute Gasteiger partial charge is 0.441 e. The fourth-order valence-electron chi connectivity index (χ4n) is 1.91. The first-order chi connectivity index (χ1) is 10.3. The SMILES string of the molecule is N#Cc1ccc2oc(CCC#Cc3ccccn3)nc2c1. The summed E-state index contributed by atoms with van der Waals surface area (Å²) in [6.07, 6.45) is 3.00. The molecule has 4 nitrogen and oxygen atoms in total. The van der Waals surface area contributed by atoms with Crippen LogP contribution in [0.4, 0.5) is 0 Å². The molecule has 21 heavy (non-hydrogen) atoms. The summed E-state index contributed by atoms with van der Waals surface area (Å²) in [5, 5.41) is 8.85. The van der Waals surface area contributed by atoms with Crippen LogP contribution in [0.5, 0.6) is 0 Å². The number of nitrogens with zero attached hydrogens (tertiary/aromatic N) is 3. The smallest absolute Gasteiger partial charge is 0.196 e. The van der Waals surface area contributed by atoms with Crippen molar-refractivity contribution < 1.29 is 4.42 Å². The van der Waals surface area contributed by atoms with E-state index in [-0.39, 0.29) is 0 Å². The minimum atomic E-state index is 0.581. The van der Waals surface area contributed by atoms with E-state index in [0.717, 1.165) is 5.69 Å². The standard InChI is InChI=1S/C17H11N3O/c18-12-13-8-9-16-15(11-13)20-17(21-16)7-2-1-5-14-6-3-4-10-19-14/h3-4,6,8-11H,2,7H2. The van der Waals surface area contributed by atoms with Crippen molar-refractivity contribution in [2.45, 2.75) is 12.8 Å². The molecule has 0 unspecified atom stereocenters. The Morgan fingerprint density at radius 3 is 2.95 bits per heavy atom. The third-order valence-corrected chi connectivity index (χ3v) is 2.91. The number of aromatic nitrogens is 2. The summed E-state index contributed by atoms with van der Waals surface area (Å²) >= 11 is 0. The van der Waals surface area contributed by atoms with Crippen LogP contribution < -0.4 is 0 Å². The maximum Gasteiger partial charge on any atom is 0.196 e. The van der Waals surface area contributed by atoms with Crippen molar-refractivity contribution in [3.05, 3.63) is 59.7 Å². The number of pyridine rings is 1. The molecule has 0 saturated heterocycles. The highest BCUT2D eigenvalue weighted by molar-refractivity contribution is 5.74. The normalized spacial score (nSPS) is 9.86. The van der Waals surface area contributed by atoms with Crippen LogP contribution in [0.1, 0.15) is 23.6 Å². The fraction of sp³-hybridized carbons (Fsp3) is 0.118. The van der Waals surface area contributed by atoms with Gasteiger partial charge in [0.15, 0.2) is 11.5 Å². The van der Waals surface area contributed by atoms with Crippen LogP contribution in [0, 0.1) is 23.2 Å². The van der Waals surface area contributed by atoms with E-state index in [9.17, 15) is 0 Å². The van der Waals surface area contributed by atoms with Crippen LogP contribution in [0.3, 0.4) is 0 Å². The minimum Gasteiger partial charge on any atom is -0.441 e. The van der Waals surface area contributed by atoms with E-state index in [1.54, 1.807) is 24.4 Å². The Hall–Kier alpha value is -3.11. The van der Waals surface area contributed by atoms with Crippen LogP contribution in [0.2, 0.25) is 0 Å². The summed E-state index contributed by atoms with van der Waals surface area (Å²) in [4.78, 5) is 8.50. The number of hydrogen-bond acceptors (Lipinski definition) is 4. The first-order valence-electron chi connectivity index (χ1n) is 6.54. The average Bonchev–Trinajstić information content (AvgIpc) is 2.94. The second-order valence-corrected chi connectivity index (χ2v) is 4.42. The molecule has 2 aromatic heterocycles. The van der Waals surface area contributed by atoms with Gasteiger partial charge in [0, 0.05) is 19.0 Å². The molecule has 0 aliphatic heterocycles. The van der Waals surface area contributed by atoms with Crippen molar-refractivity contribution in [3.8, 4) is 17.9 Å². The Bertz CT molecular complexity index is 864. The van der Waals surface area contributed by atoms with Crippen molar-refractivity contribution in [1.82, 2.24) is 9.97 Å². The fourth-order valence-corrected chi connectivity index (χ4v) is 1.91. The summed E-state index contributed by atoms with van der Waals surface area (Å²) in [6.45, 7) is 0. The molecular formula is C17H11N3O. The van der Waals surface area contributed by atoms with E-state index >= 15 is 0 Å². The topological polar surface area (TPSA) is 62.7 Å². The highest BCUT2D eigenvalue weighted by Crippen LogP contribution is 2.17. The van der Waals surface area contributed by atoms with E-state index in [1.807, 2.05) is 18.2 Å². The van der Waals surface area contributed by atoms with E-state index < -0.39 is 0 Å². The van der Waals surface area contributed by atoms with E-state index in [2.05, 4.69) is 27.9 Å². The Kier molecular flexibility index (Phi) is 3.62. The minimum absolute atomic E-state index is 0.581. The van der Waals surface area contributed by atoms with Gasteiger partial charge in [-0.05, 0) is 36.3 Å². The summed E-state index contributed by atoms with van der Waals surface area (Å²) in [7, 11) is 0. The number of rotatable bonds is 2. The van der Waals surface area contributed by atoms with Crippen molar-refractivity contribution in [3.63, 3.8) is 0 Å². The van der Waals surface area contributed by atoms with Crippen LogP contribution in [0.25, 0.3) is 11.1 Å².